The van der Waals surface area contributed by atoms with Crippen molar-refractivity contribution < 1.29 is 9.32 Å². The van der Waals surface area contributed by atoms with Gasteiger partial charge in [0.1, 0.15) is 6.54 Å². The normalized spacial score (nSPS) is 14.6. The SMILES string of the molecule is O=C(Cn1cccn1)N1CC(c2nc(-c3cccc(Cl)c3)no2)C1. The summed E-state index contributed by atoms with van der Waals surface area (Å²) in [6, 6.07) is 9.09. The molecule has 0 aliphatic carbocycles. The van der Waals surface area contributed by atoms with Gasteiger partial charge in [-0.05, 0) is 18.2 Å². The molecule has 4 rings (SSSR count). The quantitative estimate of drug-likeness (QED) is 0.726. The van der Waals surface area contributed by atoms with Crippen LogP contribution in [0.5, 0.6) is 0 Å². The molecule has 1 fully saturated rings. The molecule has 7 nitrogen and oxygen atoms in total. The van der Waals surface area contributed by atoms with Crippen LogP contribution in [-0.2, 0) is 11.3 Å². The van der Waals surface area contributed by atoms with Crippen molar-refractivity contribution in [3.8, 4) is 11.4 Å². The van der Waals surface area contributed by atoms with E-state index in [4.69, 9.17) is 16.1 Å². The largest absolute Gasteiger partial charge is 0.339 e. The molecule has 0 bridgehead atoms. The van der Waals surface area contributed by atoms with Gasteiger partial charge in [0.05, 0.1) is 5.92 Å². The fraction of sp³-hybridized carbons (Fsp3) is 0.250. The Balaban J connectivity index is 1.38. The number of halogens is 1. The first-order chi connectivity index (χ1) is 11.7. The van der Waals surface area contributed by atoms with E-state index in [-0.39, 0.29) is 18.4 Å². The molecule has 1 aliphatic rings. The molecule has 0 spiro atoms. The summed E-state index contributed by atoms with van der Waals surface area (Å²) in [6.07, 6.45) is 3.42. The summed E-state index contributed by atoms with van der Waals surface area (Å²) in [7, 11) is 0. The summed E-state index contributed by atoms with van der Waals surface area (Å²) >= 11 is 5.98. The molecule has 122 valence electrons. The van der Waals surface area contributed by atoms with E-state index in [9.17, 15) is 4.79 Å². The van der Waals surface area contributed by atoms with E-state index in [1.54, 1.807) is 40.2 Å². The molecule has 3 aromatic rings. The summed E-state index contributed by atoms with van der Waals surface area (Å²) in [5.74, 6) is 1.17. The summed E-state index contributed by atoms with van der Waals surface area (Å²) in [5.41, 5.74) is 0.809. The van der Waals surface area contributed by atoms with E-state index in [1.165, 1.54) is 0 Å². The van der Waals surface area contributed by atoms with E-state index in [0.29, 0.717) is 29.8 Å². The molecule has 24 heavy (non-hydrogen) atoms. The second kappa shape index (κ2) is 6.09. The van der Waals surface area contributed by atoms with Crippen LogP contribution in [0.1, 0.15) is 11.8 Å². The minimum Gasteiger partial charge on any atom is -0.339 e. The molecular formula is C16H14ClN5O2. The topological polar surface area (TPSA) is 77.1 Å². The predicted octanol–water partition coefficient (Wildman–Crippen LogP) is 2.21. The number of amides is 1. The van der Waals surface area contributed by atoms with Crippen LogP contribution in [0.4, 0.5) is 0 Å². The lowest BCUT2D eigenvalue weighted by atomic mass is 10.00. The Morgan fingerprint density at radius 2 is 2.21 bits per heavy atom. The van der Waals surface area contributed by atoms with Gasteiger partial charge in [-0.2, -0.15) is 10.1 Å². The highest BCUT2D eigenvalue weighted by Crippen LogP contribution is 2.28. The second-order valence-electron chi connectivity index (χ2n) is 5.67. The molecular weight excluding hydrogens is 330 g/mol. The summed E-state index contributed by atoms with van der Waals surface area (Å²) < 4.78 is 6.95. The minimum atomic E-state index is 0.0320. The average molecular weight is 344 g/mol. The lowest BCUT2D eigenvalue weighted by molar-refractivity contribution is -0.136. The number of benzene rings is 1. The minimum absolute atomic E-state index is 0.0320. The van der Waals surface area contributed by atoms with Crippen molar-refractivity contribution in [3.63, 3.8) is 0 Å². The Labute approximate surface area is 142 Å². The van der Waals surface area contributed by atoms with Crippen LogP contribution in [-0.4, -0.2) is 43.8 Å². The van der Waals surface area contributed by atoms with Crippen LogP contribution in [0.25, 0.3) is 11.4 Å². The van der Waals surface area contributed by atoms with Gasteiger partial charge in [-0.3, -0.25) is 9.48 Å². The summed E-state index contributed by atoms with van der Waals surface area (Å²) in [4.78, 5) is 18.3. The molecule has 3 heterocycles. The van der Waals surface area contributed by atoms with Gasteiger partial charge in [-0.15, -0.1) is 0 Å². The van der Waals surface area contributed by atoms with Crippen LogP contribution >= 0.6 is 11.6 Å². The molecule has 0 radical (unpaired) electrons. The van der Waals surface area contributed by atoms with Gasteiger partial charge in [0.2, 0.25) is 17.6 Å². The van der Waals surface area contributed by atoms with Crippen molar-refractivity contribution in [1.29, 1.82) is 0 Å². The number of carbonyl (C=O) groups excluding carboxylic acids is 1. The number of aromatic nitrogens is 4. The van der Waals surface area contributed by atoms with Crippen molar-refractivity contribution in [1.82, 2.24) is 24.8 Å². The molecule has 1 amide bonds. The van der Waals surface area contributed by atoms with Crippen LogP contribution < -0.4 is 0 Å². The van der Waals surface area contributed by atoms with Crippen molar-refractivity contribution in [2.45, 2.75) is 12.5 Å². The Hall–Kier alpha value is -2.67. The zero-order valence-corrected chi connectivity index (χ0v) is 13.4. The maximum Gasteiger partial charge on any atom is 0.244 e. The molecule has 1 aliphatic heterocycles. The first-order valence-corrected chi connectivity index (χ1v) is 7.91. The highest BCUT2D eigenvalue weighted by Gasteiger charge is 2.35. The fourth-order valence-electron chi connectivity index (χ4n) is 2.62. The Morgan fingerprint density at radius 1 is 1.33 bits per heavy atom. The first kappa shape index (κ1) is 14.9. The highest BCUT2D eigenvalue weighted by molar-refractivity contribution is 6.30. The smallest absolute Gasteiger partial charge is 0.244 e. The number of carbonyl (C=O) groups is 1. The highest BCUT2D eigenvalue weighted by atomic mass is 35.5. The van der Waals surface area contributed by atoms with Gasteiger partial charge in [0.15, 0.2) is 0 Å². The van der Waals surface area contributed by atoms with E-state index in [1.807, 2.05) is 12.1 Å². The summed E-state index contributed by atoms with van der Waals surface area (Å²) in [5, 5.41) is 8.66. The van der Waals surface area contributed by atoms with Gasteiger partial charge >= 0.3 is 0 Å². The lowest BCUT2D eigenvalue weighted by Crippen LogP contribution is -2.49. The van der Waals surface area contributed by atoms with Crippen LogP contribution in [0.2, 0.25) is 5.02 Å². The van der Waals surface area contributed by atoms with Gasteiger partial charge < -0.3 is 9.42 Å². The first-order valence-electron chi connectivity index (χ1n) is 7.54. The van der Waals surface area contributed by atoms with E-state index in [2.05, 4.69) is 15.2 Å². The molecule has 0 saturated carbocycles. The Bertz CT molecular complexity index is 855. The van der Waals surface area contributed by atoms with Crippen molar-refractivity contribution in [2.24, 2.45) is 0 Å². The Kier molecular flexibility index (Phi) is 3.78. The molecule has 1 saturated heterocycles. The average Bonchev–Trinajstić information content (AvgIpc) is 3.17. The standard InChI is InChI=1S/C16H14ClN5O2/c17-13-4-1-3-11(7-13)15-19-16(24-20-15)12-8-21(9-12)14(23)10-22-6-2-5-18-22/h1-7,12H,8-10H2. The number of rotatable bonds is 4. The van der Waals surface area contributed by atoms with Crippen molar-refractivity contribution >= 4 is 17.5 Å². The van der Waals surface area contributed by atoms with E-state index >= 15 is 0 Å². The monoisotopic (exact) mass is 343 g/mol. The maximum atomic E-state index is 12.1. The third kappa shape index (κ3) is 2.90. The zero-order valence-electron chi connectivity index (χ0n) is 12.7. The Morgan fingerprint density at radius 3 is 2.96 bits per heavy atom. The number of nitrogens with zero attached hydrogens (tertiary/aromatic N) is 5. The maximum absolute atomic E-state index is 12.1. The molecule has 8 heteroatoms. The second-order valence-corrected chi connectivity index (χ2v) is 6.10. The van der Waals surface area contributed by atoms with Gasteiger partial charge in [-0.25, -0.2) is 0 Å². The zero-order chi connectivity index (χ0) is 16.5. The third-order valence-electron chi connectivity index (χ3n) is 3.96. The van der Waals surface area contributed by atoms with E-state index in [0.717, 1.165) is 5.56 Å². The predicted molar refractivity (Wildman–Crippen MR) is 86.3 cm³/mol. The molecule has 0 atom stereocenters. The van der Waals surface area contributed by atoms with Crippen molar-refractivity contribution in [2.75, 3.05) is 13.1 Å². The van der Waals surface area contributed by atoms with Crippen LogP contribution in [0.3, 0.4) is 0 Å². The molecule has 1 aromatic carbocycles. The molecule has 0 N–H and O–H groups in total. The molecule has 2 aromatic heterocycles. The summed E-state index contributed by atoms with van der Waals surface area (Å²) in [6.45, 7) is 1.41. The van der Waals surface area contributed by atoms with Gasteiger partial charge in [0.25, 0.3) is 0 Å². The van der Waals surface area contributed by atoms with Crippen LogP contribution in [0, 0.1) is 0 Å². The number of likely N-dealkylation sites (tertiary alicyclic amines) is 1. The van der Waals surface area contributed by atoms with Crippen molar-refractivity contribution in [3.05, 3.63) is 53.6 Å². The fourth-order valence-corrected chi connectivity index (χ4v) is 2.81. The number of hydrogen-bond donors (Lipinski definition) is 0. The number of hydrogen-bond acceptors (Lipinski definition) is 5. The van der Waals surface area contributed by atoms with Gasteiger partial charge in [0, 0.05) is 36.1 Å². The van der Waals surface area contributed by atoms with Gasteiger partial charge in [-0.1, -0.05) is 28.9 Å². The lowest BCUT2D eigenvalue weighted by Gasteiger charge is -2.37. The molecule has 0 unspecified atom stereocenters. The third-order valence-corrected chi connectivity index (χ3v) is 4.20. The van der Waals surface area contributed by atoms with E-state index < -0.39 is 0 Å². The van der Waals surface area contributed by atoms with Crippen LogP contribution in [0.15, 0.2) is 47.2 Å².